The lowest BCUT2D eigenvalue weighted by Crippen LogP contribution is -2.41. The van der Waals surface area contributed by atoms with E-state index in [9.17, 15) is 4.79 Å². The topological polar surface area (TPSA) is 106 Å². The molecule has 0 radical (unpaired) electrons. The van der Waals surface area contributed by atoms with Crippen LogP contribution in [0.15, 0.2) is 4.52 Å². The summed E-state index contributed by atoms with van der Waals surface area (Å²) < 4.78 is 16.2. The van der Waals surface area contributed by atoms with E-state index < -0.39 is 0 Å². The second-order valence-corrected chi connectivity index (χ2v) is 7.31. The summed E-state index contributed by atoms with van der Waals surface area (Å²) in [6.07, 6.45) is 0.792. The number of hydrogen-bond donors (Lipinski definition) is 1. The Labute approximate surface area is 169 Å². The number of anilines is 1. The van der Waals surface area contributed by atoms with Crippen LogP contribution in [0.1, 0.15) is 17.9 Å². The lowest BCUT2D eigenvalue weighted by Gasteiger charge is -2.28. The number of aryl methyl sites for hydroxylation is 2. The van der Waals surface area contributed by atoms with Crippen LogP contribution in [0.3, 0.4) is 0 Å². The molecule has 0 aromatic carbocycles. The Morgan fingerprint density at radius 1 is 1.07 bits per heavy atom. The first kappa shape index (κ1) is 20.0. The Balaban J connectivity index is 1.35. The van der Waals surface area contributed by atoms with Gasteiger partial charge in [0.1, 0.15) is 17.0 Å². The molecule has 2 aliphatic heterocycles. The standard InChI is InChI=1S/C19H28N6O4/c1-14-17-18(25-8-12-28-13-9-25)21-15(22-19(17)29-23-14)2-3-16(26)20-4-5-24-6-10-27-11-7-24/h2-13H2,1H3,(H,20,26). The van der Waals surface area contributed by atoms with Crippen LogP contribution in [0.2, 0.25) is 0 Å². The molecule has 0 unspecified atom stereocenters. The molecular weight excluding hydrogens is 376 g/mol. The van der Waals surface area contributed by atoms with Gasteiger partial charge in [0, 0.05) is 52.1 Å². The molecule has 2 aliphatic rings. The number of carbonyl (C=O) groups excluding carboxylic acids is 1. The summed E-state index contributed by atoms with van der Waals surface area (Å²) in [5.41, 5.74) is 1.25. The van der Waals surface area contributed by atoms with Gasteiger partial charge >= 0.3 is 0 Å². The van der Waals surface area contributed by atoms with Crippen LogP contribution < -0.4 is 10.2 Å². The largest absolute Gasteiger partial charge is 0.379 e. The van der Waals surface area contributed by atoms with Crippen LogP contribution in [0.4, 0.5) is 5.82 Å². The van der Waals surface area contributed by atoms with Crippen molar-refractivity contribution in [3.8, 4) is 0 Å². The van der Waals surface area contributed by atoms with Gasteiger partial charge in [-0.2, -0.15) is 4.98 Å². The van der Waals surface area contributed by atoms with Gasteiger partial charge in [-0.05, 0) is 6.92 Å². The van der Waals surface area contributed by atoms with E-state index in [2.05, 4.69) is 25.3 Å². The van der Waals surface area contributed by atoms with Gasteiger partial charge in [-0.3, -0.25) is 9.69 Å². The lowest BCUT2D eigenvalue weighted by molar-refractivity contribution is -0.121. The van der Waals surface area contributed by atoms with Crippen molar-refractivity contribution in [2.75, 3.05) is 70.6 Å². The molecule has 29 heavy (non-hydrogen) atoms. The molecule has 2 aromatic rings. The van der Waals surface area contributed by atoms with E-state index in [1.54, 1.807) is 0 Å². The van der Waals surface area contributed by atoms with E-state index in [0.29, 0.717) is 44.1 Å². The zero-order chi connectivity index (χ0) is 20.1. The first-order valence-corrected chi connectivity index (χ1v) is 10.2. The molecule has 0 aliphatic carbocycles. The van der Waals surface area contributed by atoms with Gasteiger partial charge < -0.3 is 24.2 Å². The van der Waals surface area contributed by atoms with Crippen molar-refractivity contribution in [2.45, 2.75) is 19.8 Å². The Morgan fingerprint density at radius 2 is 1.79 bits per heavy atom. The fourth-order valence-electron chi connectivity index (χ4n) is 3.62. The molecule has 0 bridgehead atoms. The van der Waals surface area contributed by atoms with Crippen LogP contribution >= 0.6 is 0 Å². The smallest absolute Gasteiger partial charge is 0.263 e. The Morgan fingerprint density at radius 3 is 2.55 bits per heavy atom. The third kappa shape index (κ3) is 5.01. The fourth-order valence-corrected chi connectivity index (χ4v) is 3.62. The molecule has 4 rings (SSSR count). The minimum atomic E-state index is 0.00336. The molecule has 0 spiro atoms. The van der Waals surface area contributed by atoms with E-state index in [4.69, 9.17) is 19.0 Å². The molecule has 1 N–H and O–H groups in total. The zero-order valence-corrected chi connectivity index (χ0v) is 16.9. The second kappa shape index (κ2) is 9.47. The van der Waals surface area contributed by atoms with E-state index in [0.717, 1.165) is 62.8 Å². The number of rotatable bonds is 7. The third-order valence-electron chi connectivity index (χ3n) is 5.27. The number of nitrogens with zero attached hydrogens (tertiary/aromatic N) is 5. The van der Waals surface area contributed by atoms with Crippen LogP contribution in [0, 0.1) is 6.92 Å². The van der Waals surface area contributed by atoms with Gasteiger partial charge in [0.25, 0.3) is 5.71 Å². The highest BCUT2D eigenvalue weighted by Gasteiger charge is 2.22. The summed E-state index contributed by atoms with van der Waals surface area (Å²) in [5.74, 6) is 1.42. The highest BCUT2D eigenvalue weighted by atomic mass is 16.5. The zero-order valence-electron chi connectivity index (χ0n) is 16.9. The molecule has 2 aromatic heterocycles. The van der Waals surface area contributed by atoms with Crippen molar-refractivity contribution in [3.05, 3.63) is 11.5 Å². The Kier molecular flexibility index (Phi) is 6.53. The molecule has 158 valence electrons. The first-order valence-electron chi connectivity index (χ1n) is 10.2. The highest BCUT2D eigenvalue weighted by molar-refractivity contribution is 5.88. The number of aromatic nitrogens is 3. The van der Waals surface area contributed by atoms with E-state index in [1.165, 1.54) is 0 Å². The Hall–Kier alpha value is -2.30. The molecule has 4 heterocycles. The van der Waals surface area contributed by atoms with Gasteiger partial charge in [-0.25, -0.2) is 4.98 Å². The summed E-state index contributed by atoms with van der Waals surface area (Å²) in [4.78, 5) is 25.9. The SMILES string of the molecule is Cc1noc2nc(CCC(=O)NCCN3CCOCC3)nc(N3CCOCC3)c12. The number of fused-ring (bicyclic) bond motifs is 1. The normalized spacial score (nSPS) is 18.3. The molecular formula is C19H28N6O4. The van der Waals surface area contributed by atoms with Gasteiger partial charge in [0.15, 0.2) is 0 Å². The maximum Gasteiger partial charge on any atom is 0.263 e. The predicted molar refractivity (Wildman–Crippen MR) is 106 cm³/mol. The second-order valence-electron chi connectivity index (χ2n) is 7.31. The maximum absolute atomic E-state index is 12.2. The van der Waals surface area contributed by atoms with E-state index >= 15 is 0 Å². The van der Waals surface area contributed by atoms with Gasteiger partial charge in [-0.15, -0.1) is 0 Å². The number of amides is 1. The van der Waals surface area contributed by atoms with Crippen molar-refractivity contribution in [1.29, 1.82) is 0 Å². The molecule has 0 atom stereocenters. The van der Waals surface area contributed by atoms with Gasteiger partial charge in [-0.1, -0.05) is 5.16 Å². The molecule has 10 nitrogen and oxygen atoms in total. The van der Waals surface area contributed by atoms with Crippen molar-refractivity contribution in [3.63, 3.8) is 0 Å². The summed E-state index contributed by atoms with van der Waals surface area (Å²) in [7, 11) is 0. The summed E-state index contributed by atoms with van der Waals surface area (Å²) in [6.45, 7) is 9.59. The average Bonchev–Trinajstić information content (AvgIpc) is 3.14. The predicted octanol–water partition coefficient (Wildman–Crippen LogP) is 0.144. The van der Waals surface area contributed by atoms with Crippen molar-refractivity contribution in [1.82, 2.24) is 25.3 Å². The summed E-state index contributed by atoms with van der Waals surface area (Å²) in [5, 5.41) is 7.86. The number of hydrogen-bond acceptors (Lipinski definition) is 9. The minimum Gasteiger partial charge on any atom is -0.379 e. The van der Waals surface area contributed by atoms with Crippen LogP contribution in [-0.2, 0) is 20.7 Å². The van der Waals surface area contributed by atoms with Crippen molar-refractivity contribution >= 4 is 22.8 Å². The van der Waals surface area contributed by atoms with Crippen LogP contribution in [-0.4, -0.2) is 91.6 Å². The summed E-state index contributed by atoms with van der Waals surface area (Å²) in [6, 6.07) is 0. The number of nitrogens with one attached hydrogen (secondary N) is 1. The molecule has 1 amide bonds. The minimum absolute atomic E-state index is 0.00336. The third-order valence-corrected chi connectivity index (χ3v) is 5.27. The number of morpholine rings is 2. The molecule has 2 fully saturated rings. The lowest BCUT2D eigenvalue weighted by atomic mass is 10.2. The van der Waals surface area contributed by atoms with E-state index in [1.807, 2.05) is 6.92 Å². The number of ether oxygens (including phenoxy) is 2. The maximum atomic E-state index is 12.2. The van der Waals surface area contributed by atoms with Crippen LogP contribution in [0.5, 0.6) is 0 Å². The summed E-state index contributed by atoms with van der Waals surface area (Å²) >= 11 is 0. The van der Waals surface area contributed by atoms with Gasteiger partial charge in [0.2, 0.25) is 5.91 Å². The van der Waals surface area contributed by atoms with Crippen molar-refractivity contribution < 1.29 is 18.8 Å². The van der Waals surface area contributed by atoms with Crippen molar-refractivity contribution in [2.24, 2.45) is 0 Å². The monoisotopic (exact) mass is 404 g/mol. The highest BCUT2D eigenvalue weighted by Crippen LogP contribution is 2.27. The average molecular weight is 404 g/mol. The first-order chi connectivity index (χ1) is 14.2. The van der Waals surface area contributed by atoms with E-state index in [-0.39, 0.29) is 5.91 Å². The fraction of sp³-hybridized carbons (Fsp3) is 0.684. The van der Waals surface area contributed by atoms with Gasteiger partial charge in [0.05, 0.1) is 32.1 Å². The molecule has 0 saturated carbocycles. The quantitative estimate of drug-likeness (QED) is 0.690. The molecule has 10 heteroatoms. The van der Waals surface area contributed by atoms with Crippen LogP contribution in [0.25, 0.3) is 11.1 Å². The number of carbonyl (C=O) groups is 1. The molecule has 2 saturated heterocycles. The Bertz CT molecular complexity index is 829.